The van der Waals surface area contributed by atoms with E-state index in [4.69, 9.17) is 4.74 Å². The number of carbonyl (C=O) groups excluding carboxylic acids is 1. The van der Waals surface area contributed by atoms with Crippen LogP contribution in [-0.2, 0) is 13.0 Å². The highest BCUT2D eigenvalue weighted by molar-refractivity contribution is 5.74. The van der Waals surface area contributed by atoms with Gasteiger partial charge in [-0.15, -0.1) is 0 Å². The zero-order valence-electron chi connectivity index (χ0n) is 17.1. The lowest BCUT2D eigenvalue weighted by Gasteiger charge is -2.32. The average Bonchev–Trinajstić information content (AvgIpc) is 2.79. The van der Waals surface area contributed by atoms with Gasteiger partial charge in [-0.3, -0.25) is 0 Å². The van der Waals surface area contributed by atoms with Crippen molar-refractivity contribution in [1.29, 1.82) is 0 Å². The van der Waals surface area contributed by atoms with Crippen molar-refractivity contribution in [2.24, 2.45) is 5.92 Å². The summed E-state index contributed by atoms with van der Waals surface area (Å²) in [6, 6.07) is 18.5. The summed E-state index contributed by atoms with van der Waals surface area (Å²) >= 11 is 0. The Morgan fingerprint density at radius 3 is 2.48 bits per heavy atom. The first-order valence-electron chi connectivity index (χ1n) is 10.8. The van der Waals surface area contributed by atoms with Crippen LogP contribution in [0.4, 0.5) is 4.79 Å². The van der Waals surface area contributed by atoms with E-state index >= 15 is 0 Å². The van der Waals surface area contributed by atoms with Crippen LogP contribution in [0.25, 0.3) is 0 Å². The van der Waals surface area contributed by atoms with E-state index < -0.39 is 0 Å². The van der Waals surface area contributed by atoms with E-state index in [1.54, 1.807) is 0 Å². The standard InChI is InChI=1S/C24H31N3O2/c28-24(27-16-12-21-6-4-5-7-22(21)18-27)25-13-17-26-14-10-20(11-15-26)19-29-23-8-2-1-3-9-23/h1-9,20H,10-19H2,(H,25,28). The second-order valence-electron chi connectivity index (χ2n) is 8.08. The SMILES string of the molecule is O=C(NCCN1CCC(COc2ccccc2)CC1)N1CCc2ccccc2C1. The number of amides is 2. The van der Waals surface area contributed by atoms with Crippen LogP contribution in [0, 0.1) is 5.92 Å². The van der Waals surface area contributed by atoms with E-state index in [9.17, 15) is 4.79 Å². The summed E-state index contributed by atoms with van der Waals surface area (Å²) in [5.74, 6) is 1.58. The summed E-state index contributed by atoms with van der Waals surface area (Å²) in [5.41, 5.74) is 2.64. The van der Waals surface area contributed by atoms with Crippen LogP contribution < -0.4 is 10.1 Å². The van der Waals surface area contributed by atoms with Crippen molar-refractivity contribution < 1.29 is 9.53 Å². The number of para-hydroxylation sites is 1. The van der Waals surface area contributed by atoms with Gasteiger partial charge >= 0.3 is 6.03 Å². The van der Waals surface area contributed by atoms with E-state index in [-0.39, 0.29) is 6.03 Å². The smallest absolute Gasteiger partial charge is 0.317 e. The average molecular weight is 394 g/mol. The molecular formula is C24H31N3O2. The lowest BCUT2D eigenvalue weighted by Crippen LogP contribution is -2.46. The number of benzene rings is 2. The molecule has 0 radical (unpaired) electrons. The molecule has 5 nitrogen and oxygen atoms in total. The molecule has 0 aromatic heterocycles. The molecular weight excluding hydrogens is 362 g/mol. The van der Waals surface area contributed by atoms with Gasteiger partial charge in [0.05, 0.1) is 6.61 Å². The maximum Gasteiger partial charge on any atom is 0.317 e. The predicted molar refractivity (Wildman–Crippen MR) is 115 cm³/mol. The molecule has 0 bridgehead atoms. The highest BCUT2D eigenvalue weighted by Gasteiger charge is 2.22. The highest BCUT2D eigenvalue weighted by atomic mass is 16.5. The van der Waals surface area contributed by atoms with Crippen LogP contribution in [-0.4, -0.2) is 55.2 Å². The lowest BCUT2D eigenvalue weighted by molar-refractivity contribution is 0.140. The summed E-state index contributed by atoms with van der Waals surface area (Å²) in [5, 5.41) is 3.11. The van der Waals surface area contributed by atoms with E-state index in [1.807, 2.05) is 35.2 Å². The molecule has 2 aliphatic heterocycles. The molecule has 2 amide bonds. The predicted octanol–water partition coefficient (Wildman–Crippen LogP) is 3.55. The third-order valence-electron chi connectivity index (χ3n) is 6.06. The van der Waals surface area contributed by atoms with E-state index in [2.05, 4.69) is 34.5 Å². The van der Waals surface area contributed by atoms with Crippen LogP contribution in [0.5, 0.6) is 5.75 Å². The van der Waals surface area contributed by atoms with Crippen molar-refractivity contribution in [2.75, 3.05) is 39.3 Å². The Bertz CT molecular complexity index is 788. The first kappa shape index (κ1) is 19.8. The lowest BCUT2D eigenvalue weighted by atomic mass is 9.98. The fraction of sp³-hybridized carbons (Fsp3) is 0.458. The number of carbonyl (C=O) groups is 1. The number of hydrogen-bond acceptors (Lipinski definition) is 3. The summed E-state index contributed by atoms with van der Waals surface area (Å²) in [6.45, 7) is 6.10. The Kier molecular flexibility index (Phi) is 6.67. The molecule has 1 N–H and O–H groups in total. The third-order valence-corrected chi connectivity index (χ3v) is 6.06. The normalized spacial score (nSPS) is 17.6. The van der Waals surface area contributed by atoms with Gasteiger partial charge in [-0.05, 0) is 61.5 Å². The molecule has 0 spiro atoms. The van der Waals surface area contributed by atoms with Crippen molar-refractivity contribution >= 4 is 6.03 Å². The van der Waals surface area contributed by atoms with Crippen molar-refractivity contribution in [3.8, 4) is 5.75 Å². The van der Waals surface area contributed by atoms with Gasteiger partial charge in [0.2, 0.25) is 0 Å². The van der Waals surface area contributed by atoms with Crippen molar-refractivity contribution in [3.63, 3.8) is 0 Å². The molecule has 5 heteroatoms. The number of urea groups is 1. The molecule has 0 atom stereocenters. The summed E-state index contributed by atoms with van der Waals surface area (Å²) in [4.78, 5) is 16.9. The second kappa shape index (κ2) is 9.79. The number of nitrogens with one attached hydrogen (secondary N) is 1. The molecule has 0 unspecified atom stereocenters. The number of rotatable bonds is 6. The maximum absolute atomic E-state index is 12.5. The van der Waals surface area contributed by atoms with Crippen LogP contribution in [0.2, 0.25) is 0 Å². The summed E-state index contributed by atoms with van der Waals surface area (Å²) in [7, 11) is 0. The Hall–Kier alpha value is -2.53. The number of likely N-dealkylation sites (tertiary alicyclic amines) is 1. The molecule has 29 heavy (non-hydrogen) atoms. The minimum atomic E-state index is 0.0608. The summed E-state index contributed by atoms with van der Waals surface area (Å²) in [6.07, 6.45) is 3.26. The molecule has 0 aliphatic carbocycles. The molecule has 2 aliphatic rings. The van der Waals surface area contributed by atoms with Gasteiger partial charge in [0, 0.05) is 26.2 Å². The first-order valence-corrected chi connectivity index (χ1v) is 10.8. The molecule has 154 valence electrons. The second-order valence-corrected chi connectivity index (χ2v) is 8.08. The fourth-order valence-electron chi connectivity index (χ4n) is 4.21. The zero-order valence-corrected chi connectivity index (χ0v) is 17.1. The minimum absolute atomic E-state index is 0.0608. The topological polar surface area (TPSA) is 44.8 Å². The number of hydrogen-bond donors (Lipinski definition) is 1. The highest BCUT2D eigenvalue weighted by Crippen LogP contribution is 2.20. The molecule has 0 saturated carbocycles. The quantitative estimate of drug-likeness (QED) is 0.816. The number of ether oxygens (including phenoxy) is 1. The van der Waals surface area contributed by atoms with Crippen molar-refractivity contribution in [1.82, 2.24) is 15.1 Å². The Labute approximate surface area is 173 Å². The van der Waals surface area contributed by atoms with Gasteiger partial charge in [-0.1, -0.05) is 42.5 Å². The first-order chi connectivity index (χ1) is 14.3. The third kappa shape index (κ3) is 5.51. The number of nitrogens with zero attached hydrogens (tertiary/aromatic N) is 2. The van der Waals surface area contributed by atoms with Gasteiger partial charge < -0.3 is 19.9 Å². The van der Waals surface area contributed by atoms with Gasteiger partial charge in [0.1, 0.15) is 5.75 Å². The van der Waals surface area contributed by atoms with Crippen LogP contribution >= 0.6 is 0 Å². The Balaban J connectivity index is 1.12. The van der Waals surface area contributed by atoms with Gasteiger partial charge in [-0.25, -0.2) is 4.79 Å². The van der Waals surface area contributed by atoms with Crippen molar-refractivity contribution in [3.05, 3.63) is 65.7 Å². The largest absolute Gasteiger partial charge is 0.493 e. The molecule has 2 aromatic rings. The zero-order chi connectivity index (χ0) is 19.9. The molecule has 1 saturated heterocycles. The van der Waals surface area contributed by atoms with Crippen LogP contribution in [0.15, 0.2) is 54.6 Å². The molecule has 4 rings (SSSR count). The van der Waals surface area contributed by atoms with Gasteiger partial charge in [0.15, 0.2) is 0 Å². The number of piperidine rings is 1. The minimum Gasteiger partial charge on any atom is -0.493 e. The molecule has 1 fully saturated rings. The fourth-order valence-corrected chi connectivity index (χ4v) is 4.21. The molecule has 2 aromatic carbocycles. The summed E-state index contributed by atoms with van der Waals surface area (Å²) < 4.78 is 5.90. The Morgan fingerprint density at radius 2 is 1.69 bits per heavy atom. The Morgan fingerprint density at radius 1 is 0.966 bits per heavy atom. The maximum atomic E-state index is 12.5. The van der Waals surface area contributed by atoms with E-state index in [0.717, 1.165) is 64.3 Å². The van der Waals surface area contributed by atoms with Crippen molar-refractivity contribution in [2.45, 2.75) is 25.8 Å². The van der Waals surface area contributed by atoms with Crippen LogP contribution in [0.1, 0.15) is 24.0 Å². The van der Waals surface area contributed by atoms with Crippen LogP contribution in [0.3, 0.4) is 0 Å². The molecule has 2 heterocycles. The van der Waals surface area contributed by atoms with E-state index in [1.165, 1.54) is 11.1 Å². The number of fused-ring (bicyclic) bond motifs is 1. The van der Waals surface area contributed by atoms with Gasteiger partial charge in [0.25, 0.3) is 0 Å². The van der Waals surface area contributed by atoms with E-state index in [0.29, 0.717) is 12.5 Å². The van der Waals surface area contributed by atoms with Gasteiger partial charge in [-0.2, -0.15) is 0 Å². The monoisotopic (exact) mass is 393 g/mol.